The molecule has 2 aromatic heterocycles. The van der Waals surface area contributed by atoms with E-state index in [4.69, 9.17) is 23.2 Å². The molecule has 26 heavy (non-hydrogen) atoms. The predicted molar refractivity (Wildman–Crippen MR) is 98.1 cm³/mol. The Bertz CT molecular complexity index is 932. The maximum absolute atomic E-state index is 13.9. The fourth-order valence-corrected chi connectivity index (χ4v) is 2.85. The molecule has 0 saturated heterocycles. The van der Waals surface area contributed by atoms with E-state index in [0.717, 1.165) is 0 Å². The van der Waals surface area contributed by atoms with Crippen molar-refractivity contribution in [2.75, 3.05) is 5.32 Å². The molecule has 0 spiro atoms. The summed E-state index contributed by atoms with van der Waals surface area (Å²) in [5, 5.41) is 11.9. The van der Waals surface area contributed by atoms with Crippen molar-refractivity contribution < 1.29 is 9.18 Å². The molecule has 3 aromatic rings. The van der Waals surface area contributed by atoms with Crippen LogP contribution in [-0.4, -0.2) is 25.5 Å². The molecule has 0 radical (unpaired) electrons. The van der Waals surface area contributed by atoms with Gasteiger partial charge in [-0.05, 0) is 26.0 Å². The second kappa shape index (κ2) is 7.47. The van der Waals surface area contributed by atoms with Gasteiger partial charge in [0, 0.05) is 22.8 Å². The van der Waals surface area contributed by atoms with E-state index >= 15 is 0 Å². The Morgan fingerprint density at radius 1 is 1.31 bits per heavy atom. The van der Waals surface area contributed by atoms with Gasteiger partial charge in [0.2, 0.25) is 5.91 Å². The zero-order valence-electron chi connectivity index (χ0n) is 14.1. The van der Waals surface area contributed by atoms with E-state index in [0.29, 0.717) is 27.1 Å². The van der Waals surface area contributed by atoms with Gasteiger partial charge in [-0.15, -0.1) is 0 Å². The van der Waals surface area contributed by atoms with E-state index in [2.05, 4.69) is 15.5 Å². The van der Waals surface area contributed by atoms with Crippen LogP contribution >= 0.6 is 23.2 Å². The van der Waals surface area contributed by atoms with E-state index in [-0.39, 0.29) is 12.5 Å². The molecule has 0 saturated carbocycles. The van der Waals surface area contributed by atoms with Crippen LogP contribution in [0.3, 0.4) is 0 Å². The Balaban J connectivity index is 1.70. The van der Waals surface area contributed by atoms with Crippen molar-refractivity contribution in [3.8, 4) is 0 Å². The van der Waals surface area contributed by atoms with Gasteiger partial charge in [0.15, 0.2) is 5.82 Å². The highest BCUT2D eigenvalue weighted by molar-refractivity contribution is 6.31. The van der Waals surface area contributed by atoms with Gasteiger partial charge >= 0.3 is 0 Å². The lowest BCUT2D eigenvalue weighted by atomic mass is 10.2. The van der Waals surface area contributed by atoms with Gasteiger partial charge in [-0.2, -0.15) is 10.2 Å². The highest BCUT2D eigenvalue weighted by atomic mass is 35.5. The highest BCUT2D eigenvalue weighted by Crippen LogP contribution is 2.21. The van der Waals surface area contributed by atoms with Gasteiger partial charge < -0.3 is 5.32 Å². The number of halogens is 3. The fourth-order valence-electron chi connectivity index (χ4n) is 2.50. The van der Waals surface area contributed by atoms with E-state index in [1.807, 2.05) is 0 Å². The average molecular weight is 396 g/mol. The maximum atomic E-state index is 13.9. The lowest BCUT2D eigenvalue weighted by molar-refractivity contribution is -0.119. The zero-order chi connectivity index (χ0) is 18.8. The molecule has 1 aromatic carbocycles. The van der Waals surface area contributed by atoms with E-state index in [1.54, 1.807) is 38.2 Å². The number of amides is 1. The summed E-state index contributed by atoms with van der Waals surface area (Å²) in [7, 11) is 0. The molecule has 0 bridgehead atoms. The Kier molecular flexibility index (Phi) is 5.29. The van der Waals surface area contributed by atoms with Crippen LogP contribution in [0.15, 0.2) is 36.7 Å². The summed E-state index contributed by atoms with van der Waals surface area (Å²) in [5.41, 5.74) is 1.04. The van der Waals surface area contributed by atoms with Gasteiger partial charge in [-0.25, -0.2) is 4.39 Å². The van der Waals surface area contributed by atoms with Crippen molar-refractivity contribution in [3.05, 3.63) is 63.8 Å². The number of benzene rings is 1. The number of carbonyl (C=O) groups is 1. The van der Waals surface area contributed by atoms with Gasteiger partial charge in [0.05, 0.1) is 23.5 Å². The van der Waals surface area contributed by atoms with Crippen LogP contribution in [0, 0.1) is 12.7 Å². The summed E-state index contributed by atoms with van der Waals surface area (Å²) in [5.74, 6) is -0.342. The first-order valence-corrected chi connectivity index (χ1v) is 8.59. The highest BCUT2D eigenvalue weighted by Gasteiger charge is 2.19. The van der Waals surface area contributed by atoms with Crippen LogP contribution in [0.2, 0.25) is 10.0 Å². The van der Waals surface area contributed by atoms with Crippen molar-refractivity contribution in [1.29, 1.82) is 0 Å². The number of hydrogen-bond acceptors (Lipinski definition) is 3. The molecule has 1 atom stereocenters. The fraction of sp³-hybridized carbons (Fsp3) is 0.235. The summed E-state index contributed by atoms with van der Waals surface area (Å²) in [6.07, 6.45) is 3.13. The summed E-state index contributed by atoms with van der Waals surface area (Å²) in [6, 6.07) is 5.56. The number of nitrogens with zero attached hydrogens (tertiary/aromatic N) is 4. The molecule has 0 fully saturated rings. The maximum Gasteiger partial charge on any atom is 0.250 e. The van der Waals surface area contributed by atoms with Gasteiger partial charge in [0.25, 0.3) is 0 Å². The first kappa shape index (κ1) is 18.4. The molecule has 2 heterocycles. The Hall–Kier alpha value is -2.38. The normalized spacial score (nSPS) is 12.2. The van der Waals surface area contributed by atoms with Crippen LogP contribution in [0.5, 0.6) is 0 Å². The summed E-state index contributed by atoms with van der Waals surface area (Å²) >= 11 is 12.0. The average Bonchev–Trinajstić information content (AvgIpc) is 3.18. The van der Waals surface area contributed by atoms with Crippen LogP contribution in [0.25, 0.3) is 0 Å². The molecule has 6 nitrogen and oxygen atoms in total. The van der Waals surface area contributed by atoms with E-state index in [1.165, 1.54) is 21.6 Å². The second-order valence-corrected chi connectivity index (χ2v) is 6.60. The first-order chi connectivity index (χ1) is 12.4. The third kappa shape index (κ3) is 3.73. The topological polar surface area (TPSA) is 64.7 Å². The summed E-state index contributed by atoms with van der Waals surface area (Å²) < 4.78 is 16.9. The molecule has 1 unspecified atom stereocenters. The van der Waals surface area contributed by atoms with Crippen molar-refractivity contribution in [2.45, 2.75) is 26.4 Å². The van der Waals surface area contributed by atoms with Gasteiger partial charge in [0.1, 0.15) is 11.9 Å². The minimum absolute atomic E-state index is 0.158. The minimum Gasteiger partial charge on any atom is -0.307 e. The third-order valence-electron chi connectivity index (χ3n) is 4.00. The number of anilines is 1. The minimum atomic E-state index is -0.561. The monoisotopic (exact) mass is 395 g/mol. The third-order valence-corrected chi connectivity index (χ3v) is 4.73. The number of aromatic nitrogens is 4. The van der Waals surface area contributed by atoms with E-state index in [9.17, 15) is 9.18 Å². The predicted octanol–water partition coefficient (Wildman–Crippen LogP) is 4.08. The van der Waals surface area contributed by atoms with Crippen LogP contribution < -0.4 is 5.32 Å². The van der Waals surface area contributed by atoms with Crippen LogP contribution in [0.1, 0.15) is 24.2 Å². The Morgan fingerprint density at radius 2 is 2.08 bits per heavy atom. The van der Waals surface area contributed by atoms with Crippen LogP contribution in [0.4, 0.5) is 10.2 Å². The Morgan fingerprint density at radius 3 is 2.73 bits per heavy atom. The number of carbonyl (C=O) groups excluding carboxylic acids is 1. The molecule has 9 heteroatoms. The lowest BCUT2D eigenvalue weighted by Crippen LogP contribution is -2.25. The van der Waals surface area contributed by atoms with Gasteiger partial charge in [-0.3, -0.25) is 14.2 Å². The smallest absolute Gasteiger partial charge is 0.250 e. The van der Waals surface area contributed by atoms with Crippen LogP contribution in [-0.2, 0) is 11.3 Å². The SMILES string of the molecule is Cc1c(Cl)cnn1C(C)C(=O)Nc1ccn(Cc2c(F)cccc2Cl)n1. The van der Waals surface area contributed by atoms with Gasteiger partial charge in [-0.1, -0.05) is 29.3 Å². The molecule has 0 aliphatic carbocycles. The second-order valence-electron chi connectivity index (χ2n) is 5.79. The number of hydrogen-bond donors (Lipinski definition) is 1. The number of nitrogens with one attached hydrogen (secondary N) is 1. The van der Waals surface area contributed by atoms with E-state index < -0.39 is 11.9 Å². The zero-order valence-corrected chi connectivity index (χ0v) is 15.6. The van der Waals surface area contributed by atoms with Crippen molar-refractivity contribution in [1.82, 2.24) is 19.6 Å². The molecule has 1 amide bonds. The molecular formula is C17H16Cl2FN5O. The number of rotatable bonds is 5. The molecule has 3 rings (SSSR count). The molecule has 0 aliphatic rings. The summed E-state index contributed by atoms with van der Waals surface area (Å²) in [4.78, 5) is 12.4. The van der Waals surface area contributed by atoms with Crippen molar-refractivity contribution in [2.24, 2.45) is 0 Å². The van der Waals surface area contributed by atoms with Crippen molar-refractivity contribution >= 4 is 34.9 Å². The van der Waals surface area contributed by atoms with Crippen molar-refractivity contribution in [3.63, 3.8) is 0 Å². The molecule has 0 aliphatic heterocycles. The quantitative estimate of drug-likeness (QED) is 0.707. The summed E-state index contributed by atoms with van der Waals surface area (Å²) in [6.45, 7) is 3.65. The standard InChI is InChI=1S/C17H16Cl2FN5O/c1-10-14(19)8-21-25(10)11(2)17(26)22-16-6-7-24(23-16)9-12-13(18)4-3-5-15(12)20/h3-8,11H,9H2,1-2H3,(H,22,23,26). The first-order valence-electron chi connectivity index (χ1n) is 7.83. The molecule has 1 N–H and O–H groups in total. The Labute approximate surface area is 159 Å². The molecular weight excluding hydrogens is 380 g/mol. The largest absolute Gasteiger partial charge is 0.307 e. The lowest BCUT2D eigenvalue weighted by Gasteiger charge is -2.13. The molecule has 136 valence electrons.